The maximum atomic E-state index is 13.6. The van der Waals surface area contributed by atoms with Crippen molar-refractivity contribution in [1.82, 2.24) is 18.7 Å². The van der Waals surface area contributed by atoms with Crippen molar-refractivity contribution in [1.29, 1.82) is 0 Å². The van der Waals surface area contributed by atoms with E-state index in [1.54, 1.807) is 31.3 Å². The van der Waals surface area contributed by atoms with Crippen molar-refractivity contribution >= 4 is 28.6 Å². The molecule has 0 radical (unpaired) electrons. The number of carbonyl (C=O) groups excluding carboxylic acids is 1. The molecule has 4 aromatic rings. The molecule has 0 saturated carbocycles. The van der Waals surface area contributed by atoms with E-state index in [2.05, 4.69) is 43.0 Å². The highest BCUT2D eigenvalue weighted by Crippen LogP contribution is 2.32. The van der Waals surface area contributed by atoms with E-state index in [1.807, 2.05) is 10.6 Å². The van der Waals surface area contributed by atoms with Crippen LogP contribution in [0.2, 0.25) is 0 Å². The van der Waals surface area contributed by atoms with Crippen molar-refractivity contribution in [2.45, 2.75) is 33.4 Å². The Bertz CT molecular complexity index is 1500. The van der Waals surface area contributed by atoms with Gasteiger partial charge in [0.15, 0.2) is 16.9 Å². The third kappa shape index (κ3) is 3.55. The van der Waals surface area contributed by atoms with Gasteiger partial charge in [-0.3, -0.25) is 18.7 Å². The molecule has 0 fully saturated rings. The van der Waals surface area contributed by atoms with Gasteiger partial charge in [0.05, 0.1) is 6.54 Å². The highest BCUT2D eigenvalue weighted by Gasteiger charge is 2.30. The molecular weight excluding hydrogens is 430 g/mol. The highest BCUT2D eigenvalue weighted by atomic mass is 16.2. The fourth-order valence-corrected chi connectivity index (χ4v) is 4.63. The summed E-state index contributed by atoms with van der Waals surface area (Å²) in [5, 5.41) is 0. The Morgan fingerprint density at radius 3 is 2.41 bits per heavy atom. The van der Waals surface area contributed by atoms with Crippen LogP contribution in [0.15, 0.2) is 64.2 Å². The van der Waals surface area contributed by atoms with Gasteiger partial charge in [0, 0.05) is 31.4 Å². The summed E-state index contributed by atoms with van der Waals surface area (Å²) >= 11 is 0. The van der Waals surface area contributed by atoms with E-state index < -0.39 is 11.2 Å². The van der Waals surface area contributed by atoms with Crippen LogP contribution in [0, 0.1) is 5.92 Å². The van der Waals surface area contributed by atoms with Crippen LogP contribution in [0.4, 0.5) is 11.6 Å². The lowest BCUT2D eigenvalue weighted by molar-refractivity contribution is 0.0969. The van der Waals surface area contributed by atoms with Crippen molar-refractivity contribution < 1.29 is 4.79 Å². The molecule has 34 heavy (non-hydrogen) atoms. The number of Topliss-reactive ketones (excluding diaryl/α,β-unsaturated/α-hetero) is 1. The largest absolute Gasteiger partial charge is 0.332 e. The van der Waals surface area contributed by atoms with Gasteiger partial charge in [-0.15, -0.1) is 0 Å². The summed E-state index contributed by atoms with van der Waals surface area (Å²) in [6.45, 7) is 5.29. The number of nitrogens with zero attached hydrogens (tertiary/aromatic N) is 5. The number of aryl methyl sites for hydroxylation is 2. The SMILES string of the molecule is CCc1ccc(N2C[C@@H](C)Cn3c2nc2c3c(=O)n(CC(=O)c3ccccc3)c(=O)n2C)cc1. The Hall–Kier alpha value is -3.94. The van der Waals surface area contributed by atoms with E-state index in [0.717, 1.165) is 23.2 Å². The Morgan fingerprint density at radius 2 is 1.74 bits per heavy atom. The lowest BCUT2D eigenvalue weighted by atomic mass is 10.1. The number of imidazole rings is 1. The number of aromatic nitrogens is 4. The first-order valence-electron chi connectivity index (χ1n) is 11.5. The van der Waals surface area contributed by atoms with E-state index >= 15 is 0 Å². The summed E-state index contributed by atoms with van der Waals surface area (Å²) in [6.07, 6.45) is 0.957. The Morgan fingerprint density at radius 1 is 1.03 bits per heavy atom. The molecule has 0 saturated heterocycles. The highest BCUT2D eigenvalue weighted by molar-refractivity contribution is 5.96. The van der Waals surface area contributed by atoms with E-state index in [-0.39, 0.29) is 18.2 Å². The average molecular weight is 458 g/mol. The number of benzene rings is 2. The number of fused-ring (bicyclic) bond motifs is 3. The minimum Gasteiger partial charge on any atom is -0.312 e. The van der Waals surface area contributed by atoms with Gasteiger partial charge in [-0.05, 0) is 30.0 Å². The lowest BCUT2D eigenvalue weighted by Crippen LogP contribution is -2.42. The summed E-state index contributed by atoms with van der Waals surface area (Å²) in [6, 6.07) is 17.0. The molecule has 0 N–H and O–H groups in total. The molecule has 0 bridgehead atoms. The average Bonchev–Trinajstić information content (AvgIpc) is 3.25. The zero-order valence-corrected chi connectivity index (χ0v) is 19.6. The quantitative estimate of drug-likeness (QED) is 0.430. The zero-order valence-electron chi connectivity index (χ0n) is 19.6. The van der Waals surface area contributed by atoms with Gasteiger partial charge < -0.3 is 9.47 Å². The molecule has 0 aliphatic carbocycles. The third-order valence-corrected chi connectivity index (χ3v) is 6.50. The molecule has 1 atom stereocenters. The topological polar surface area (TPSA) is 82.1 Å². The number of carbonyl (C=O) groups is 1. The van der Waals surface area contributed by atoms with Gasteiger partial charge in [-0.2, -0.15) is 4.98 Å². The second kappa shape index (κ2) is 8.44. The third-order valence-electron chi connectivity index (χ3n) is 6.50. The van der Waals surface area contributed by atoms with Gasteiger partial charge in [0.1, 0.15) is 0 Å². The first kappa shape index (κ1) is 21.9. The van der Waals surface area contributed by atoms with Gasteiger partial charge in [-0.1, -0.05) is 56.3 Å². The molecule has 0 unspecified atom stereocenters. The normalized spacial score (nSPS) is 15.5. The molecule has 174 valence electrons. The summed E-state index contributed by atoms with van der Waals surface area (Å²) in [7, 11) is 1.59. The molecule has 5 rings (SSSR count). The van der Waals surface area contributed by atoms with Crippen molar-refractivity contribution in [3.05, 3.63) is 86.6 Å². The molecule has 1 aliphatic rings. The Labute approximate surface area is 196 Å². The summed E-state index contributed by atoms with van der Waals surface area (Å²) in [5.74, 6) is 0.604. The van der Waals surface area contributed by atoms with Crippen LogP contribution in [0.25, 0.3) is 11.2 Å². The first-order valence-corrected chi connectivity index (χ1v) is 11.5. The Balaban J connectivity index is 1.65. The first-order chi connectivity index (χ1) is 16.4. The van der Waals surface area contributed by atoms with Crippen molar-refractivity contribution in [3.8, 4) is 0 Å². The van der Waals surface area contributed by atoms with Crippen molar-refractivity contribution in [2.24, 2.45) is 13.0 Å². The van der Waals surface area contributed by atoms with E-state index in [9.17, 15) is 14.4 Å². The van der Waals surface area contributed by atoms with Crippen molar-refractivity contribution in [3.63, 3.8) is 0 Å². The summed E-state index contributed by atoms with van der Waals surface area (Å²) in [4.78, 5) is 46.3. The molecule has 0 spiro atoms. The molecule has 8 heteroatoms. The number of anilines is 2. The van der Waals surface area contributed by atoms with Gasteiger partial charge in [0.25, 0.3) is 5.56 Å². The standard InChI is InChI=1S/C26H27N5O3/c1-4-18-10-12-20(13-11-18)29-14-17(2)15-30-22-23(27-25(29)30)28(3)26(34)31(24(22)33)16-21(32)19-8-6-5-7-9-19/h5-13,17H,4,14-16H2,1-3H3/t17-/m1/s1. The molecule has 1 aliphatic heterocycles. The molecular formula is C26H27N5O3. The van der Waals surface area contributed by atoms with Gasteiger partial charge >= 0.3 is 5.69 Å². The predicted molar refractivity (Wildman–Crippen MR) is 132 cm³/mol. The molecule has 3 heterocycles. The van der Waals surface area contributed by atoms with Gasteiger partial charge in [-0.25, -0.2) is 4.79 Å². The molecule has 2 aromatic carbocycles. The van der Waals surface area contributed by atoms with E-state index in [1.165, 1.54) is 10.1 Å². The second-order valence-corrected chi connectivity index (χ2v) is 8.95. The van der Waals surface area contributed by atoms with Crippen LogP contribution in [-0.4, -0.2) is 31.0 Å². The summed E-state index contributed by atoms with van der Waals surface area (Å²) < 4.78 is 4.28. The van der Waals surface area contributed by atoms with E-state index in [4.69, 9.17) is 4.98 Å². The van der Waals surface area contributed by atoms with Crippen molar-refractivity contribution in [2.75, 3.05) is 11.4 Å². The molecule has 2 aromatic heterocycles. The maximum absolute atomic E-state index is 13.6. The second-order valence-electron chi connectivity index (χ2n) is 8.95. The Kier molecular flexibility index (Phi) is 5.43. The number of rotatable bonds is 5. The maximum Gasteiger partial charge on any atom is 0.332 e. The smallest absolute Gasteiger partial charge is 0.312 e. The zero-order chi connectivity index (χ0) is 24.0. The summed E-state index contributed by atoms with van der Waals surface area (Å²) in [5.41, 5.74) is 2.33. The molecule has 8 nitrogen and oxygen atoms in total. The molecule has 0 amide bonds. The fraction of sp³-hybridized carbons (Fsp3) is 0.308. The minimum absolute atomic E-state index is 0.256. The minimum atomic E-state index is -0.552. The van der Waals surface area contributed by atoms with Gasteiger partial charge in [0.2, 0.25) is 5.95 Å². The predicted octanol–water partition coefficient (Wildman–Crippen LogP) is 3.13. The van der Waals surface area contributed by atoms with Crippen LogP contribution in [0.1, 0.15) is 29.8 Å². The fourth-order valence-electron chi connectivity index (χ4n) is 4.63. The monoisotopic (exact) mass is 457 g/mol. The number of hydrogen-bond acceptors (Lipinski definition) is 5. The van der Waals surface area contributed by atoms with Crippen LogP contribution >= 0.6 is 0 Å². The number of ketones is 1. The lowest BCUT2D eigenvalue weighted by Gasteiger charge is -2.33. The number of hydrogen-bond donors (Lipinski definition) is 0. The van der Waals surface area contributed by atoms with Crippen LogP contribution < -0.4 is 16.1 Å². The van der Waals surface area contributed by atoms with Crippen LogP contribution in [-0.2, 0) is 26.6 Å². The van der Waals surface area contributed by atoms with Crippen LogP contribution in [0.5, 0.6) is 0 Å². The van der Waals surface area contributed by atoms with E-state index in [0.29, 0.717) is 29.2 Å². The van der Waals surface area contributed by atoms with Crippen LogP contribution in [0.3, 0.4) is 0 Å².